The molecule has 0 fully saturated rings. The minimum Gasteiger partial charge on any atom is -0.454 e. The molecule has 0 saturated carbocycles. The normalized spacial score (nSPS) is 13.7. The van der Waals surface area contributed by atoms with Gasteiger partial charge in [-0.2, -0.15) is 9.78 Å². The summed E-state index contributed by atoms with van der Waals surface area (Å²) in [4.78, 5) is 18.3. The molecule has 7 nitrogen and oxygen atoms in total. The van der Waals surface area contributed by atoms with Crippen molar-refractivity contribution in [1.29, 1.82) is 0 Å². The first-order valence-corrected chi connectivity index (χ1v) is 13.0. The minimum atomic E-state index is -0.179. The summed E-state index contributed by atoms with van der Waals surface area (Å²) in [6.07, 6.45) is 4.67. The van der Waals surface area contributed by atoms with Crippen LogP contribution in [0.2, 0.25) is 0 Å². The molecule has 37 heavy (non-hydrogen) atoms. The topological polar surface area (TPSA) is 70.6 Å². The Morgan fingerprint density at radius 1 is 1.08 bits per heavy atom. The van der Waals surface area contributed by atoms with Crippen LogP contribution in [0.5, 0.6) is 11.5 Å². The number of hydrogen-bond acceptors (Lipinski definition) is 5. The molecule has 0 aliphatic carbocycles. The van der Waals surface area contributed by atoms with E-state index in [0.717, 1.165) is 44.4 Å². The van der Waals surface area contributed by atoms with Gasteiger partial charge in [0.1, 0.15) is 5.82 Å². The first-order chi connectivity index (χ1) is 18.0. The number of halogens is 1. The summed E-state index contributed by atoms with van der Waals surface area (Å²) in [6.45, 7) is 5.06. The Labute approximate surface area is 222 Å². The lowest BCUT2D eigenvalue weighted by molar-refractivity contribution is 0.174. The highest BCUT2D eigenvalue weighted by molar-refractivity contribution is 9.10. The van der Waals surface area contributed by atoms with Gasteiger partial charge in [-0.25, -0.2) is 4.98 Å². The number of benzene rings is 3. The maximum absolute atomic E-state index is 13.5. The third kappa shape index (κ3) is 4.31. The smallest absolute Gasteiger partial charge is 0.282 e. The van der Waals surface area contributed by atoms with E-state index in [-0.39, 0.29) is 18.3 Å². The molecule has 186 valence electrons. The molecule has 0 N–H and O–H groups in total. The lowest BCUT2D eigenvalue weighted by Crippen LogP contribution is -2.23. The van der Waals surface area contributed by atoms with Gasteiger partial charge in [0.15, 0.2) is 11.5 Å². The van der Waals surface area contributed by atoms with Gasteiger partial charge in [-0.15, -0.1) is 0 Å². The molecule has 3 heterocycles. The first-order valence-electron chi connectivity index (χ1n) is 12.2. The SMILES string of the molecule is CC[C@H](C)c1nc2ccc(Br)cc2c(=O)n1N=Cc1cn(Cc2ccc3c(c2)OCO3)c2ccccc12. The molecule has 6 rings (SSSR count). The van der Waals surface area contributed by atoms with Crippen molar-refractivity contribution in [2.75, 3.05) is 6.79 Å². The fourth-order valence-corrected chi connectivity index (χ4v) is 5.00. The Hall–Kier alpha value is -3.91. The van der Waals surface area contributed by atoms with Gasteiger partial charge in [-0.1, -0.05) is 54.0 Å². The highest BCUT2D eigenvalue weighted by Crippen LogP contribution is 2.33. The Kier molecular flexibility index (Phi) is 6.04. The lowest BCUT2D eigenvalue weighted by atomic mass is 10.1. The highest BCUT2D eigenvalue weighted by Gasteiger charge is 2.17. The second-order valence-electron chi connectivity index (χ2n) is 9.22. The number of hydrogen-bond donors (Lipinski definition) is 0. The zero-order chi connectivity index (χ0) is 25.5. The summed E-state index contributed by atoms with van der Waals surface area (Å²) in [6, 6.07) is 19.8. The number of aromatic nitrogens is 3. The van der Waals surface area contributed by atoms with E-state index in [0.29, 0.717) is 23.3 Å². The second-order valence-corrected chi connectivity index (χ2v) is 10.1. The van der Waals surface area contributed by atoms with Gasteiger partial charge < -0.3 is 14.0 Å². The Morgan fingerprint density at radius 2 is 1.92 bits per heavy atom. The van der Waals surface area contributed by atoms with Gasteiger partial charge >= 0.3 is 0 Å². The average molecular weight is 557 g/mol. The fraction of sp³-hybridized carbons (Fsp3) is 0.207. The molecule has 0 unspecified atom stereocenters. The molecule has 0 saturated heterocycles. The minimum absolute atomic E-state index is 0.0743. The Balaban J connectivity index is 1.43. The number of rotatable bonds is 6. The average Bonchev–Trinajstić information content (AvgIpc) is 3.52. The van der Waals surface area contributed by atoms with E-state index in [1.807, 2.05) is 42.5 Å². The third-order valence-corrected chi connectivity index (χ3v) is 7.30. The summed E-state index contributed by atoms with van der Waals surface area (Å²) in [5.41, 5.74) is 3.61. The van der Waals surface area contributed by atoms with Crippen LogP contribution in [0.3, 0.4) is 0 Å². The van der Waals surface area contributed by atoms with Crippen molar-refractivity contribution in [1.82, 2.24) is 14.2 Å². The van der Waals surface area contributed by atoms with Crippen LogP contribution in [-0.4, -0.2) is 27.2 Å². The standard InChI is InChI=1S/C29H25BrN4O3/c1-3-18(2)28-32-24-10-9-21(30)13-23(24)29(35)34(28)31-14-20-16-33(25-7-5-4-6-22(20)25)15-19-8-11-26-27(12-19)37-17-36-26/h4-14,16,18H,3,15,17H2,1-2H3/t18-/m0/s1. The predicted octanol–water partition coefficient (Wildman–Crippen LogP) is 6.29. The maximum atomic E-state index is 13.5. The molecule has 0 radical (unpaired) electrons. The molecule has 8 heteroatoms. The zero-order valence-electron chi connectivity index (χ0n) is 20.5. The van der Waals surface area contributed by atoms with Gasteiger partial charge in [0.25, 0.3) is 5.56 Å². The highest BCUT2D eigenvalue weighted by atomic mass is 79.9. The van der Waals surface area contributed by atoms with E-state index in [1.54, 1.807) is 12.3 Å². The van der Waals surface area contributed by atoms with Crippen LogP contribution in [0.1, 0.15) is 43.1 Å². The van der Waals surface area contributed by atoms with E-state index >= 15 is 0 Å². The van der Waals surface area contributed by atoms with E-state index in [2.05, 4.69) is 52.7 Å². The fourth-order valence-electron chi connectivity index (χ4n) is 4.64. The van der Waals surface area contributed by atoms with Crippen molar-refractivity contribution in [2.24, 2.45) is 5.10 Å². The van der Waals surface area contributed by atoms with E-state index < -0.39 is 0 Å². The number of para-hydroxylation sites is 1. The van der Waals surface area contributed by atoms with Gasteiger partial charge in [-0.3, -0.25) is 4.79 Å². The van der Waals surface area contributed by atoms with Crippen LogP contribution in [0.25, 0.3) is 21.8 Å². The third-order valence-electron chi connectivity index (χ3n) is 6.81. The number of fused-ring (bicyclic) bond motifs is 3. The first kappa shape index (κ1) is 23.5. The summed E-state index contributed by atoms with van der Waals surface area (Å²) in [7, 11) is 0. The van der Waals surface area contributed by atoms with Crippen LogP contribution in [-0.2, 0) is 6.54 Å². The van der Waals surface area contributed by atoms with Crippen molar-refractivity contribution < 1.29 is 9.47 Å². The molecular formula is C29H25BrN4O3. The van der Waals surface area contributed by atoms with Crippen LogP contribution in [0.15, 0.2) is 81.2 Å². The molecular weight excluding hydrogens is 532 g/mol. The molecule has 1 aliphatic rings. The van der Waals surface area contributed by atoms with Crippen LogP contribution in [0.4, 0.5) is 0 Å². The molecule has 0 bridgehead atoms. The van der Waals surface area contributed by atoms with Crippen molar-refractivity contribution in [3.8, 4) is 11.5 Å². The van der Waals surface area contributed by atoms with Gasteiger partial charge in [-0.05, 0) is 48.4 Å². The second kappa shape index (κ2) is 9.52. The summed E-state index contributed by atoms with van der Waals surface area (Å²) in [5, 5.41) is 6.28. The quantitative estimate of drug-likeness (QED) is 0.230. The largest absolute Gasteiger partial charge is 0.454 e. The summed E-state index contributed by atoms with van der Waals surface area (Å²) < 4.78 is 15.5. The molecule has 5 aromatic rings. The zero-order valence-corrected chi connectivity index (χ0v) is 22.1. The van der Waals surface area contributed by atoms with Gasteiger partial charge in [0.05, 0.1) is 17.1 Å². The molecule has 2 aromatic heterocycles. The van der Waals surface area contributed by atoms with Gasteiger partial charge in [0, 0.05) is 39.6 Å². The Bertz CT molecular complexity index is 1740. The van der Waals surface area contributed by atoms with Crippen molar-refractivity contribution in [3.63, 3.8) is 0 Å². The molecule has 1 atom stereocenters. The van der Waals surface area contributed by atoms with Crippen LogP contribution in [0, 0.1) is 0 Å². The van der Waals surface area contributed by atoms with Crippen LogP contribution < -0.4 is 15.0 Å². The monoisotopic (exact) mass is 556 g/mol. The number of ether oxygens (including phenoxy) is 2. The predicted molar refractivity (Wildman–Crippen MR) is 149 cm³/mol. The lowest BCUT2D eigenvalue weighted by Gasteiger charge is -2.13. The van der Waals surface area contributed by atoms with Crippen LogP contribution >= 0.6 is 15.9 Å². The van der Waals surface area contributed by atoms with Crippen molar-refractivity contribution >= 4 is 44.0 Å². The molecule has 0 amide bonds. The Morgan fingerprint density at radius 3 is 2.78 bits per heavy atom. The summed E-state index contributed by atoms with van der Waals surface area (Å²) >= 11 is 3.47. The van der Waals surface area contributed by atoms with Crippen molar-refractivity contribution in [3.05, 3.63) is 98.6 Å². The van der Waals surface area contributed by atoms with E-state index in [1.165, 1.54) is 4.68 Å². The molecule has 0 spiro atoms. The van der Waals surface area contributed by atoms with E-state index in [4.69, 9.17) is 19.6 Å². The van der Waals surface area contributed by atoms with Crippen molar-refractivity contribution in [2.45, 2.75) is 32.7 Å². The van der Waals surface area contributed by atoms with E-state index in [9.17, 15) is 4.79 Å². The molecule has 3 aromatic carbocycles. The molecule has 1 aliphatic heterocycles. The summed E-state index contributed by atoms with van der Waals surface area (Å²) in [5.74, 6) is 2.27. The van der Waals surface area contributed by atoms with Gasteiger partial charge in [0.2, 0.25) is 6.79 Å². The number of nitrogens with zero attached hydrogens (tertiary/aromatic N) is 4. The maximum Gasteiger partial charge on any atom is 0.282 e.